The third-order valence-electron chi connectivity index (χ3n) is 1.93. The summed E-state index contributed by atoms with van der Waals surface area (Å²) in [5.41, 5.74) is -0.0829. The van der Waals surface area contributed by atoms with E-state index in [1.54, 1.807) is 24.3 Å². The van der Waals surface area contributed by atoms with E-state index in [1.807, 2.05) is 0 Å². The Bertz CT molecular complexity index is 322. The van der Waals surface area contributed by atoms with Gasteiger partial charge in [-0.2, -0.15) is 0 Å². The molecule has 0 amide bonds. The molecule has 0 spiro atoms. The molecule has 0 heterocycles. The first-order chi connectivity index (χ1) is 6.10. The van der Waals surface area contributed by atoms with Gasteiger partial charge in [-0.25, -0.2) is 4.85 Å². The highest BCUT2D eigenvalue weighted by Crippen LogP contribution is 2.22. The fourth-order valence-corrected chi connectivity index (χ4v) is 0.986. The minimum Gasteiger partial charge on any atom is -0.393 e. The van der Waals surface area contributed by atoms with Crippen molar-refractivity contribution in [3.05, 3.63) is 41.2 Å². The molecule has 13 heavy (non-hydrogen) atoms. The zero-order valence-corrected chi connectivity index (χ0v) is 7.36. The average Bonchev–Trinajstić information content (AvgIpc) is 2.18. The van der Waals surface area contributed by atoms with E-state index in [9.17, 15) is 5.11 Å². The van der Waals surface area contributed by atoms with Crippen molar-refractivity contribution >= 4 is 5.69 Å². The summed E-state index contributed by atoms with van der Waals surface area (Å²) < 4.78 is 0. The maximum Gasteiger partial charge on any atom is 0.187 e. The number of nitrogens with zero attached hydrogens (tertiary/aromatic N) is 1. The van der Waals surface area contributed by atoms with Crippen molar-refractivity contribution < 1.29 is 10.2 Å². The molecular formula is C10H11NO2. The summed E-state index contributed by atoms with van der Waals surface area (Å²) in [7, 11) is 0. The fraction of sp³-hybridized carbons (Fsp3) is 0.300. The van der Waals surface area contributed by atoms with E-state index in [4.69, 9.17) is 11.7 Å². The lowest BCUT2D eigenvalue weighted by Gasteiger charge is -2.20. The molecule has 0 aliphatic rings. The first kappa shape index (κ1) is 9.72. The lowest BCUT2D eigenvalue weighted by Crippen LogP contribution is -2.25. The number of benzene rings is 1. The number of aliphatic hydroxyl groups is 2. The van der Waals surface area contributed by atoms with Gasteiger partial charge in [0.1, 0.15) is 5.60 Å². The van der Waals surface area contributed by atoms with Crippen LogP contribution in [0.1, 0.15) is 12.5 Å². The minimum absolute atomic E-state index is 0.329. The highest BCUT2D eigenvalue weighted by molar-refractivity contribution is 5.46. The van der Waals surface area contributed by atoms with Crippen LogP contribution in [0, 0.1) is 6.57 Å². The minimum atomic E-state index is -1.22. The third-order valence-corrected chi connectivity index (χ3v) is 1.93. The van der Waals surface area contributed by atoms with Gasteiger partial charge >= 0.3 is 0 Å². The van der Waals surface area contributed by atoms with Gasteiger partial charge in [-0.15, -0.1) is 0 Å². The summed E-state index contributed by atoms with van der Waals surface area (Å²) >= 11 is 0. The van der Waals surface area contributed by atoms with Crippen molar-refractivity contribution in [3.8, 4) is 0 Å². The van der Waals surface area contributed by atoms with Crippen LogP contribution in [0.2, 0.25) is 0 Å². The molecule has 0 aromatic heterocycles. The van der Waals surface area contributed by atoms with E-state index >= 15 is 0 Å². The van der Waals surface area contributed by atoms with Crippen LogP contribution in [0.15, 0.2) is 24.3 Å². The van der Waals surface area contributed by atoms with Gasteiger partial charge in [0.2, 0.25) is 0 Å². The number of hydrogen-bond donors (Lipinski definition) is 2. The quantitative estimate of drug-likeness (QED) is 0.671. The van der Waals surface area contributed by atoms with Crippen molar-refractivity contribution in [2.45, 2.75) is 12.5 Å². The summed E-state index contributed by atoms with van der Waals surface area (Å²) in [4.78, 5) is 3.23. The predicted octanol–water partition coefficient (Wildman–Crippen LogP) is 1.44. The highest BCUT2D eigenvalue weighted by atomic mass is 16.3. The Morgan fingerprint density at radius 1 is 1.38 bits per heavy atom. The van der Waals surface area contributed by atoms with E-state index in [1.165, 1.54) is 6.92 Å². The normalized spacial score (nSPS) is 14.6. The van der Waals surface area contributed by atoms with Crippen LogP contribution < -0.4 is 0 Å². The molecule has 0 aliphatic heterocycles. The van der Waals surface area contributed by atoms with Gasteiger partial charge < -0.3 is 10.2 Å². The molecule has 0 radical (unpaired) electrons. The molecule has 3 nitrogen and oxygen atoms in total. The van der Waals surface area contributed by atoms with Gasteiger partial charge in [-0.3, -0.25) is 0 Å². The van der Waals surface area contributed by atoms with Crippen LogP contribution in [0.3, 0.4) is 0 Å². The molecular weight excluding hydrogens is 166 g/mol. The summed E-state index contributed by atoms with van der Waals surface area (Å²) in [6.07, 6.45) is 0. The summed E-state index contributed by atoms with van der Waals surface area (Å²) in [6.45, 7) is 7.93. The standard InChI is InChI=1S/C10H11NO2/c1-10(13,7-12)8-3-5-9(11-2)6-4-8/h3-6,12-13H,7H2,1H3/t10-/m1/s1. The van der Waals surface area contributed by atoms with Crippen molar-refractivity contribution in [2.75, 3.05) is 6.61 Å². The smallest absolute Gasteiger partial charge is 0.187 e. The second-order valence-corrected chi connectivity index (χ2v) is 3.09. The molecule has 3 heteroatoms. The van der Waals surface area contributed by atoms with E-state index < -0.39 is 5.60 Å². The topological polar surface area (TPSA) is 44.8 Å². The molecule has 0 unspecified atom stereocenters. The SMILES string of the molecule is [C-]#[N+]c1ccc([C@](C)(O)CO)cc1. The molecule has 1 atom stereocenters. The highest BCUT2D eigenvalue weighted by Gasteiger charge is 2.20. The third kappa shape index (κ3) is 2.05. The van der Waals surface area contributed by atoms with Gasteiger partial charge in [-0.05, 0) is 12.5 Å². The number of hydrogen-bond acceptors (Lipinski definition) is 2. The summed E-state index contributed by atoms with van der Waals surface area (Å²) in [6, 6.07) is 6.52. The van der Waals surface area contributed by atoms with Crippen LogP contribution in [0.5, 0.6) is 0 Å². The number of rotatable bonds is 2. The fourth-order valence-electron chi connectivity index (χ4n) is 0.986. The zero-order chi connectivity index (χ0) is 9.90. The van der Waals surface area contributed by atoms with Crippen molar-refractivity contribution in [2.24, 2.45) is 0 Å². The van der Waals surface area contributed by atoms with Crippen LogP contribution in [-0.2, 0) is 5.60 Å². The second kappa shape index (κ2) is 3.56. The Kier molecular flexibility index (Phi) is 2.66. The summed E-state index contributed by atoms with van der Waals surface area (Å²) in [5.74, 6) is 0. The molecule has 1 aromatic rings. The van der Waals surface area contributed by atoms with E-state index in [0.717, 1.165) is 0 Å². The van der Waals surface area contributed by atoms with E-state index in [0.29, 0.717) is 11.3 Å². The van der Waals surface area contributed by atoms with Crippen LogP contribution in [0.4, 0.5) is 5.69 Å². The monoisotopic (exact) mass is 177 g/mol. The van der Waals surface area contributed by atoms with Gasteiger partial charge in [0.25, 0.3) is 0 Å². The van der Waals surface area contributed by atoms with Crippen LogP contribution in [0.25, 0.3) is 4.85 Å². The van der Waals surface area contributed by atoms with Gasteiger partial charge in [0, 0.05) is 0 Å². The van der Waals surface area contributed by atoms with Crippen LogP contribution in [-0.4, -0.2) is 16.8 Å². The molecule has 1 rings (SSSR count). The number of aliphatic hydroxyl groups excluding tert-OH is 1. The van der Waals surface area contributed by atoms with Gasteiger partial charge in [-0.1, -0.05) is 24.3 Å². The molecule has 0 bridgehead atoms. The molecule has 0 fully saturated rings. The predicted molar refractivity (Wildman–Crippen MR) is 49.4 cm³/mol. The Balaban J connectivity index is 3.00. The molecule has 1 aromatic carbocycles. The van der Waals surface area contributed by atoms with Crippen molar-refractivity contribution in [1.82, 2.24) is 0 Å². The van der Waals surface area contributed by atoms with E-state index in [2.05, 4.69) is 4.85 Å². The molecule has 0 aliphatic carbocycles. The molecule has 0 saturated carbocycles. The van der Waals surface area contributed by atoms with Gasteiger partial charge in [0.15, 0.2) is 5.69 Å². The Hall–Kier alpha value is -1.37. The molecule has 2 N–H and O–H groups in total. The van der Waals surface area contributed by atoms with E-state index in [-0.39, 0.29) is 6.61 Å². The molecule has 68 valence electrons. The lowest BCUT2D eigenvalue weighted by molar-refractivity contribution is -0.00226. The van der Waals surface area contributed by atoms with Crippen molar-refractivity contribution in [3.63, 3.8) is 0 Å². The largest absolute Gasteiger partial charge is 0.393 e. The first-order valence-electron chi connectivity index (χ1n) is 3.91. The Morgan fingerprint density at radius 3 is 2.31 bits per heavy atom. The van der Waals surface area contributed by atoms with Gasteiger partial charge in [0.05, 0.1) is 13.2 Å². The zero-order valence-electron chi connectivity index (χ0n) is 7.36. The average molecular weight is 177 g/mol. The first-order valence-corrected chi connectivity index (χ1v) is 3.91. The Labute approximate surface area is 77.1 Å². The van der Waals surface area contributed by atoms with Crippen LogP contribution >= 0.6 is 0 Å². The summed E-state index contributed by atoms with van der Waals surface area (Å²) in [5, 5.41) is 18.5. The van der Waals surface area contributed by atoms with Crippen molar-refractivity contribution in [1.29, 1.82) is 0 Å². The lowest BCUT2D eigenvalue weighted by atomic mass is 9.97. The Morgan fingerprint density at radius 2 is 1.92 bits per heavy atom. The molecule has 0 saturated heterocycles. The maximum absolute atomic E-state index is 9.63. The second-order valence-electron chi connectivity index (χ2n) is 3.09. The maximum atomic E-state index is 9.63.